The summed E-state index contributed by atoms with van der Waals surface area (Å²) in [5, 5.41) is 0.368. The van der Waals surface area contributed by atoms with Crippen LogP contribution >= 0.6 is 11.3 Å². The molecule has 3 aromatic rings. The normalized spacial score (nSPS) is 14.0. The Morgan fingerprint density at radius 1 is 0.964 bits per heavy atom. The Morgan fingerprint density at radius 2 is 1.61 bits per heavy atom. The summed E-state index contributed by atoms with van der Waals surface area (Å²) < 4.78 is 13.1. The van der Waals surface area contributed by atoms with E-state index in [1.54, 1.807) is 24.3 Å². The van der Waals surface area contributed by atoms with Crippen LogP contribution in [0.2, 0.25) is 0 Å². The third-order valence-electron chi connectivity index (χ3n) is 3.93. The van der Waals surface area contributed by atoms with Gasteiger partial charge in [0.2, 0.25) is 0 Å². The van der Waals surface area contributed by atoms with Crippen LogP contribution in [-0.2, 0) is 10.8 Å². The summed E-state index contributed by atoms with van der Waals surface area (Å²) in [6.07, 6.45) is 3.23. The minimum absolute atomic E-state index is 0.169. The van der Waals surface area contributed by atoms with Crippen LogP contribution in [-0.4, -0.2) is 45.5 Å². The molecule has 3 rings (SSSR count). The standard InChI is InChI=1S/C20H21N3O3S2/c1-23(2)10-11-28(26)18-9-8-15(27-18)13-17-20(25)21-16(19(24)22-17)12-14-6-4-3-5-7-14/h3-9,12-13H,10-11H2,1-2H3,(H,21,25)(H,22,24)/b16-12-,17-13-. The molecule has 8 heteroatoms. The lowest BCUT2D eigenvalue weighted by atomic mass is 10.2. The van der Waals surface area contributed by atoms with E-state index in [-0.39, 0.29) is 21.8 Å². The molecule has 1 atom stereocenters. The van der Waals surface area contributed by atoms with Gasteiger partial charge in [0.05, 0.1) is 15.0 Å². The number of aromatic amines is 2. The fourth-order valence-corrected chi connectivity index (χ4v) is 5.00. The monoisotopic (exact) mass is 415 g/mol. The molecule has 28 heavy (non-hydrogen) atoms. The zero-order valence-electron chi connectivity index (χ0n) is 15.6. The first-order valence-electron chi connectivity index (χ1n) is 8.66. The molecule has 0 radical (unpaired) electrons. The number of hydrogen-bond donors (Lipinski definition) is 2. The minimum atomic E-state index is -1.08. The van der Waals surface area contributed by atoms with Crippen molar-refractivity contribution in [2.45, 2.75) is 4.21 Å². The first kappa shape index (κ1) is 20.2. The maximum Gasteiger partial charge on any atom is 0.272 e. The van der Waals surface area contributed by atoms with Crippen molar-refractivity contribution in [1.29, 1.82) is 0 Å². The molecule has 0 aliphatic heterocycles. The molecule has 2 aromatic heterocycles. The Morgan fingerprint density at radius 3 is 2.25 bits per heavy atom. The molecule has 0 aliphatic rings. The van der Waals surface area contributed by atoms with E-state index in [1.807, 2.05) is 49.3 Å². The van der Waals surface area contributed by atoms with Gasteiger partial charge in [0.25, 0.3) is 11.1 Å². The van der Waals surface area contributed by atoms with E-state index in [9.17, 15) is 13.8 Å². The molecule has 146 valence electrons. The Labute approximate surface area is 168 Å². The number of nitrogens with one attached hydrogen (secondary N) is 2. The Hall–Kier alpha value is -2.55. The van der Waals surface area contributed by atoms with E-state index in [2.05, 4.69) is 9.97 Å². The van der Waals surface area contributed by atoms with Gasteiger partial charge in [0, 0.05) is 17.2 Å². The van der Waals surface area contributed by atoms with Gasteiger partial charge in [0.1, 0.15) is 10.7 Å². The summed E-state index contributed by atoms with van der Waals surface area (Å²) in [4.78, 5) is 32.7. The third-order valence-corrected chi connectivity index (χ3v) is 6.71. The zero-order valence-corrected chi connectivity index (χ0v) is 17.2. The van der Waals surface area contributed by atoms with Crippen LogP contribution in [0.1, 0.15) is 10.4 Å². The molecule has 6 nitrogen and oxygen atoms in total. The highest BCUT2D eigenvalue weighted by molar-refractivity contribution is 7.87. The molecule has 2 N–H and O–H groups in total. The number of rotatable bonds is 6. The van der Waals surface area contributed by atoms with Crippen molar-refractivity contribution in [2.24, 2.45) is 0 Å². The lowest BCUT2D eigenvalue weighted by Gasteiger charge is -2.07. The molecular weight excluding hydrogens is 394 g/mol. The summed E-state index contributed by atoms with van der Waals surface area (Å²) in [6.45, 7) is 0.732. The quantitative estimate of drug-likeness (QED) is 0.612. The van der Waals surface area contributed by atoms with E-state index in [1.165, 1.54) is 11.3 Å². The van der Waals surface area contributed by atoms with Crippen molar-refractivity contribution < 1.29 is 4.21 Å². The molecule has 0 aliphatic carbocycles. The molecule has 1 aromatic carbocycles. The molecule has 0 amide bonds. The number of aromatic nitrogens is 2. The predicted molar refractivity (Wildman–Crippen MR) is 115 cm³/mol. The molecule has 2 heterocycles. The predicted octanol–water partition coefficient (Wildman–Crippen LogP) is 0.452. The SMILES string of the molecule is CN(C)CCS(=O)c1ccc(/C=c2\[nH]c(=O)/c(=C/c3ccccc3)[nH]c2=O)s1. The van der Waals surface area contributed by atoms with Crippen molar-refractivity contribution in [3.05, 3.63) is 84.3 Å². The average Bonchev–Trinajstić information content (AvgIpc) is 3.13. The molecule has 0 spiro atoms. The van der Waals surface area contributed by atoms with Gasteiger partial charge >= 0.3 is 0 Å². The van der Waals surface area contributed by atoms with Gasteiger partial charge in [-0.3, -0.25) is 13.8 Å². The first-order valence-corrected chi connectivity index (χ1v) is 10.8. The number of benzene rings is 1. The topological polar surface area (TPSA) is 86.0 Å². The zero-order chi connectivity index (χ0) is 20.1. The Kier molecular flexibility index (Phi) is 6.56. The number of nitrogens with zero attached hydrogens (tertiary/aromatic N) is 1. The summed E-state index contributed by atoms with van der Waals surface area (Å²) in [5.41, 5.74) is 0.0648. The Balaban J connectivity index is 1.91. The van der Waals surface area contributed by atoms with Crippen LogP contribution in [0.25, 0.3) is 12.2 Å². The van der Waals surface area contributed by atoms with E-state index < -0.39 is 10.8 Å². The highest BCUT2D eigenvalue weighted by Crippen LogP contribution is 2.20. The second-order valence-corrected chi connectivity index (χ2v) is 9.36. The van der Waals surface area contributed by atoms with Crippen LogP contribution in [0.15, 0.2) is 56.3 Å². The van der Waals surface area contributed by atoms with E-state index >= 15 is 0 Å². The largest absolute Gasteiger partial charge is 0.316 e. The van der Waals surface area contributed by atoms with Crippen LogP contribution in [0.4, 0.5) is 0 Å². The van der Waals surface area contributed by atoms with Crippen LogP contribution < -0.4 is 21.8 Å². The fourth-order valence-electron chi connectivity index (χ4n) is 2.45. The summed E-state index contributed by atoms with van der Waals surface area (Å²) in [7, 11) is 2.79. The van der Waals surface area contributed by atoms with Crippen LogP contribution in [0.3, 0.4) is 0 Å². The maximum absolute atomic E-state index is 12.4. The molecule has 1 unspecified atom stereocenters. The van der Waals surface area contributed by atoms with Gasteiger partial charge in [-0.05, 0) is 43.9 Å². The molecule has 0 bridgehead atoms. The van der Waals surface area contributed by atoms with Crippen LogP contribution in [0.5, 0.6) is 0 Å². The van der Waals surface area contributed by atoms with Gasteiger partial charge in [-0.15, -0.1) is 11.3 Å². The summed E-state index contributed by atoms with van der Waals surface area (Å²) in [6, 6.07) is 12.9. The molecule has 0 saturated carbocycles. The highest BCUT2D eigenvalue weighted by Gasteiger charge is 2.07. The molecule has 0 fully saturated rings. The summed E-state index contributed by atoms with van der Waals surface area (Å²) >= 11 is 1.35. The fraction of sp³-hybridized carbons (Fsp3) is 0.200. The van der Waals surface area contributed by atoms with E-state index in [0.717, 1.165) is 21.2 Å². The second kappa shape index (κ2) is 9.09. The molecular formula is C20H21N3O3S2. The van der Waals surface area contributed by atoms with Crippen molar-refractivity contribution in [3.63, 3.8) is 0 Å². The minimum Gasteiger partial charge on any atom is -0.316 e. The van der Waals surface area contributed by atoms with E-state index in [4.69, 9.17) is 0 Å². The Bertz CT molecular complexity index is 1210. The van der Waals surface area contributed by atoms with Crippen molar-refractivity contribution in [3.8, 4) is 0 Å². The van der Waals surface area contributed by atoms with Crippen molar-refractivity contribution in [1.82, 2.24) is 14.9 Å². The van der Waals surface area contributed by atoms with Gasteiger partial charge in [-0.1, -0.05) is 30.3 Å². The number of thiophene rings is 1. The average molecular weight is 416 g/mol. The lowest BCUT2D eigenvalue weighted by molar-refractivity contribution is 0.435. The van der Waals surface area contributed by atoms with Crippen LogP contribution in [0, 0.1) is 0 Å². The van der Waals surface area contributed by atoms with Gasteiger partial charge in [-0.25, -0.2) is 0 Å². The smallest absolute Gasteiger partial charge is 0.272 e. The number of hydrogen-bond acceptors (Lipinski definition) is 5. The number of H-pyrrole nitrogens is 2. The second-order valence-electron chi connectivity index (χ2n) is 6.44. The maximum atomic E-state index is 12.4. The lowest BCUT2D eigenvalue weighted by Crippen LogP contribution is -2.46. The molecule has 0 saturated heterocycles. The summed E-state index contributed by atoms with van der Waals surface area (Å²) in [5.74, 6) is 0.550. The van der Waals surface area contributed by atoms with Crippen molar-refractivity contribution in [2.75, 3.05) is 26.4 Å². The van der Waals surface area contributed by atoms with E-state index in [0.29, 0.717) is 5.75 Å². The van der Waals surface area contributed by atoms with Crippen molar-refractivity contribution >= 4 is 34.3 Å². The first-order chi connectivity index (χ1) is 13.4. The third kappa shape index (κ3) is 5.25. The van der Waals surface area contributed by atoms with Gasteiger partial charge in [-0.2, -0.15) is 0 Å². The van der Waals surface area contributed by atoms with Gasteiger partial charge in [0.15, 0.2) is 0 Å². The highest BCUT2D eigenvalue weighted by atomic mass is 32.2. The van der Waals surface area contributed by atoms with Gasteiger partial charge < -0.3 is 14.9 Å².